The fourth-order valence-corrected chi connectivity index (χ4v) is 0.852. The highest BCUT2D eigenvalue weighted by Gasteiger charge is 2.13. The molecule has 4 nitrogen and oxygen atoms in total. The average Bonchev–Trinajstić information content (AvgIpc) is 2.13. The second-order valence-electron chi connectivity index (χ2n) is 4.68. The van der Waals surface area contributed by atoms with Crippen LogP contribution in [0.3, 0.4) is 0 Å². The van der Waals surface area contributed by atoms with Crippen molar-refractivity contribution in [1.29, 1.82) is 0 Å². The Morgan fingerprint density at radius 1 is 1.00 bits per heavy atom. The maximum absolute atomic E-state index is 9.47. The summed E-state index contributed by atoms with van der Waals surface area (Å²) < 4.78 is 10.5. The van der Waals surface area contributed by atoms with Crippen LogP contribution < -0.4 is 0 Å². The van der Waals surface area contributed by atoms with Gasteiger partial charge >= 0.3 is 0 Å². The Morgan fingerprint density at radius 2 is 1.53 bits per heavy atom. The molecule has 0 aromatic heterocycles. The van der Waals surface area contributed by atoms with Crippen LogP contribution in [-0.2, 0) is 9.47 Å². The summed E-state index contributed by atoms with van der Waals surface area (Å²) in [6.45, 7) is 8.40. The van der Waals surface area contributed by atoms with Gasteiger partial charge in [0.25, 0.3) is 0 Å². The third-order valence-corrected chi connectivity index (χ3v) is 1.80. The maximum Gasteiger partial charge on any atom is 0.101 e. The molecule has 0 fully saturated rings. The number of hydrogen-bond acceptors (Lipinski definition) is 4. The highest BCUT2D eigenvalue weighted by atomic mass is 16.5. The average molecular weight is 220 g/mol. The van der Waals surface area contributed by atoms with Crippen molar-refractivity contribution in [3.8, 4) is 0 Å². The van der Waals surface area contributed by atoms with Crippen LogP contribution >= 0.6 is 0 Å². The Labute approximate surface area is 92.2 Å². The van der Waals surface area contributed by atoms with Crippen LogP contribution in [0.15, 0.2) is 0 Å². The summed E-state index contributed by atoms with van der Waals surface area (Å²) >= 11 is 0. The van der Waals surface area contributed by atoms with E-state index < -0.39 is 12.2 Å². The quantitative estimate of drug-likeness (QED) is 0.670. The lowest BCUT2D eigenvalue weighted by atomic mass is 10.2. The highest BCUT2D eigenvalue weighted by Crippen LogP contribution is 2.07. The lowest BCUT2D eigenvalue weighted by Crippen LogP contribution is -2.30. The fraction of sp³-hybridized carbons (Fsp3) is 1.00. The van der Waals surface area contributed by atoms with Crippen molar-refractivity contribution in [2.45, 2.75) is 51.9 Å². The molecular weight excluding hydrogens is 196 g/mol. The summed E-state index contributed by atoms with van der Waals surface area (Å²) in [6, 6.07) is 0. The first kappa shape index (κ1) is 14.8. The lowest BCUT2D eigenvalue weighted by Gasteiger charge is -2.22. The minimum Gasteiger partial charge on any atom is -0.391 e. The van der Waals surface area contributed by atoms with E-state index in [4.69, 9.17) is 9.47 Å². The molecule has 2 atom stereocenters. The minimum absolute atomic E-state index is 0.202. The van der Waals surface area contributed by atoms with Crippen molar-refractivity contribution in [3.63, 3.8) is 0 Å². The summed E-state index contributed by atoms with van der Waals surface area (Å²) in [7, 11) is 0. The largest absolute Gasteiger partial charge is 0.391 e. The number of aliphatic hydroxyl groups excluding tert-OH is 2. The van der Waals surface area contributed by atoms with Crippen molar-refractivity contribution < 1.29 is 19.7 Å². The molecule has 0 rings (SSSR count). The molecule has 0 aromatic rings. The SMILES string of the molecule is CCC(O)COCC(O)COC(C)(C)C. The Bertz CT molecular complexity index is 153. The van der Waals surface area contributed by atoms with Crippen LogP contribution in [0.1, 0.15) is 34.1 Å². The molecule has 0 aliphatic carbocycles. The molecule has 0 amide bonds. The molecule has 15 heavy (non-hydrogen) atoms. The van der Waals surface area contributed by atoms with E-state index in [1.165, 1.54) is 0 Å². The maximum atomic E-state index is 9.47. The third-order valence-electron chi connectivity index (χ3n) is 1.80. The normalized spacial score (nSPS) is 16.4. The van der Waals surface area contributed by atoms with E-state index in [9.17, 15) is 10.2 Å². The van der Waals surface area contributed by atoms with E-state index in [-0.39, 0.29) is 25.4 Å². The number of rotatable bonds is 7. The van der Waals surface area contributed by atoms with E-state index in [0.29, 0.717) is 6.42 Å². The van der Waals surface area contributed by atoms with Gasteiger partial charge in [-0.05, 0) is 27.2 Å². The first-order valence-electron chi connectivity index (χ1n) is 5.43. The van der Waals surface area contributed by atoms with Gasteiger partial charge in [0.1, 0.15) is 6.10 Å². The van der Waals surface area contributed by atoms with E-state index in [1.54, 1.807) is 0 Å². The van der Waals surface area contributed by atoms with Gasteiger partial charge in [-0.15, -0.1) is 0 Å². The molecular formula is C11H24O4. The Hall–Kier alpha value is -0.160. The molecule has 0 heterocycles. The molecule has 0 aliphatic heterocycles. The molecule has 0 radical (unpaired) electrons. The summed E-state index contributed by atoms with van der Waals surface area (Å²) in [5.74, 6) is 0. The van der Waals surface area contributed by atoms with E-state index in [1.807, 2.05) is 27.7 Å². The zero-order valence-corrected chi connectivity index (χ0v) is 10.2. The van der Waals surface area contributed by atoms with Crippen LogP contribution in [0.2, 0.25) is 0 Å². The van der Waals surface area contributed by atoms with Gasteiger partial charge in [0.05, 0.1) is 31.5 Å². The van der Waals surface area contributed by atoms with Crippen LogP contribution in [0.4, 0.5) is 0 Å². The molecule has 0 aliphatic rings. The van der Waals surface area contributed by atoms with Crippen LogP contribution in [0.25, 0.3) is 0 Å². The number of ether oxygens (including phenoxy) is 2. The van der Waals surface area contributed by atoms with Crippen LogP contribution in [0.5, 0.6) is 0 Å². The monoisotopic (exact) mass is 220 g/mol. The molecule has 0 bridgehead atoms. The van der Waals surface area contributed by atoms with Crippen molar-refractivity contribution in [3.05, 3.63) is 0 Å². The number of aliphatic hydroxyl groups is 2. The van der Waals surface area contributed by atoms with Gasteiger partial charge in [0, 0.05) is 0 Å². The molecule has 2 N–H and O–H groups in total. The van der Waals surface area contributed by atoms with Gasteiger partial charge in [-0.25, -0.2) is 0 Å². The molecule has 0 saturated heterocycles. The predicted molar refractivity (Wildman–Crippen MR) is 58.8 cm³/mol. The van der Waals surface area contributed by atoms with Gasteiger partial charge in [0.2, 0.25) is 0 Å². The molecule has 2 unspecified atom stereocenters. The molecule has 0 saturated carbocycles. The lowest BCUT2D eigenvalue weighted by molar-refractivity contribution is -0.0787. The van der Waals surface area contributed by atoms with E-state index >= 15 is 0 Å². The smallest absolute Gasteiger partial charge is 0.101 e. The molecule has 92 valence electrons. The molecule has 4 heteroatoms. The van der Waals surface area contributed by atoms with Gasteiger partial charge in [0.15, 0.2) is 0 Å². The van der Waals surface area contributed by atoms with Crippen LogP contribution in [-0.4, -0.2) is 47.8 Å². The molecule has 0 spiro atoms. The zero-order chi connectivity index (χ0) is 11.9. The van der Waals surface area contributed by atoms with E-state index in [2.05, 4.69) is 0 Å². The summed E-state index contributed by atoms with van der Waals surface area (Å²) in [5, 5.41) is 18.7. The predicted octanol–water partition coefficient (Wildman–Crippen LogP) is 0.950. The van der Waals surface area contributed by atoms with E-state index in [0.717, 1.165) is 0 Å². The van der Waals surface area contributed by atoms with Crippen molar-refractivity contribution in [2.75, 3.05) is 19.8 Å². The van der Waals surface area contributed by atoms with Gasteiger partial charge in [-0.2, -0.15) is 0 Å². The third kappa shape index (κ3) is 10.1. The summed E-state index contributed by atoms with van der Waals surface area (Å²) in [6.07, 6.45) is -0.414. The van der Waals surface area contributed by atoms with Gasteiger partial charge in [-0.1, -0.05) is 6.92 Å². The van der Waals surface area contributed by atoms with Gasteiger partial charge in [-0.3, -0.25) is 0 Å². The standard InChI is InChI=1S/C11H24O4/c1-5-9(12)6-14-7-10(13)8-15-11(2,3)4/h9-10,12-13H,5-8H2,1-4H3. The van der Waals surface area contributed by atoms with Crippen molar-refractivity contribution >= 4 is 0 Å². The second kappa shape index (κ2) is 7.17. The summed E-state index contributed by atoms with van der Waals surface area (Å²) in [4.78, 5) is 0. The Kier molecular flexibility index (Phi) is 7.09. The first-order chi connectivity index (χ1) is 6.85. The topological polar surface area (TPSA) is 58.9 Å². The zero-order valence-electron chi connectivity index (χ0n) is 10.2. The first-order valence-corrected chi connectivity index (χ1v) is 5.43. The summed E-state index contributed by atoms with van der Waals surface area (Å²) in [5.41, 5.74) is -0.246. The van der Waals surface area contributed by atoms with Crippen LogP contribution in [0, 0.1) is 0 Å². The Morgan fingerprint density at radius 3 is 2.00 bits per heavy atom. The fourth-order valence-electron chi connectivity index (χ4n) is 0.852. The second-order valence-corrected chi connectivity index (χ2v) is 4.68. The molecule has 0 aromatic carbocycles. The highest BCUT2D eigenvalue weighted by molar-refractivity contribution is 4.62. The van der Waals surface area contributed by atoms with Crippen molar-refractivity contribution in [2.24, 2.45) is 0 Å². The van der Waals surface area contributed by atoms with Gasteiger partial charge < -0.3 is 19.7 Å². The minimum atomic E-state index is -0.631. The van der Waals surface area contributed by atoms with Crippen molar-refractivity contribution in [1.82, 2.24) is 0 Å². The Balaban J connectivity index is 3.45. The number of hydrogen-bond donors (Lipinski definition) is 2.